The average molecular weight is 194 g/mol. The number of hydrogen-bond acceptors (Lipinski definition) is 1. The van der Waals surface area contributed by atoms with Crippen LogP contribution in [0.1, 0.15) is 19.4 Å². The highest BCUT2D eigenvalue weighted by Crippen LogP contribution is 2.00. The molecule has 1 amide bonds. The van der Waals surface area contributed by atoms with E-state index in [1.54, 1.807) is 0 Å². The number of carbonyl (C=O) groups is 1. The van der Waals surface area contributed by atoms with Crippen molar-refractivity contribution in [3.63, 3.8) is 0 Å². The number of nitrogens with one attached hydrogen (secondary N) is 1. The van der Waals surface area contributed by atoms with E-state index in [1.165, 1.54) is 0 Å². The lowest BCUT2D eigenvalue weighted by atomic mass is 10.2. The maximum atomic E-state index is 11.4. The second-order valence-corrected chi connectivity index (χ2v) is 4.06. The van der Waals surface area contributed by atoms with Gasteiger partial charge < -0.3 is 9.88 Å². The van der Waals surface area contributed by atoms with Crippen molar-refractivity contribution in [1.82, 2.24) is 9.88 Å². The van der Waals surface area contributed by atoms with Crippen molar-refractivity contribution < 1.29 is 4.79 Å². The highest BCUT2D eigenvalue weighted by atomic mass is 16.1. The fraction of sp³-hybridized carbons (Fsp3) is 0.545. The van der Waals surface area contributed by atoms with Crippen LogP contribution in [-0.4, -0.2) is 17.0 Å². The zero-order valence-electron chi connectivity index (χ0n) is 9.08. The molecule has 0 aromatic carbocycles. The number of amides is 1. The van der Waals surface area contributed by atoms with Crippen molar-refractivity contribution in [2.45, 2.75) is 20.3 Å². The van der Waals surface area contributed by atoms with E-state index in [-0.39, 0.29) is 5.91 Å². The Kier molecular flexibility index (Phi) is 3.74. The van der Waals surface area contributed by atoms with Crippen molar-refractivity contribution >= 4 is 5.91 Å². The van der Waals surface area contributed by atoms with E-state index in [0.717, 1.165) is 12.1 Å². The first-order valence-electron chi connectivity index (χ1n) is 4.95. The molecule has 0 spiro atoms. The van der Waals surface area contributed by atoms with Gasteiger partial charge in [-0.15, -0.1) is 0 Å². The van der Waals surface area contributed by atoms with Gasteiger partial charge in [0, 0.05) is 26.0 Å². The van der Waals surface area contributed by atoms with Crippen LogP contribution in [0.15, 0.2) is 18.5 Å². The molecule has 0 atom stereocenters. The zero-order valence-corrected chi connectivity index (χ0v) is 9.08. The highest BCUT2D eigenvalue weighted by Gasteiger charge is 2.04. The molecular formula is C11H18N2O. The van der Waals surface area contributed by atoms with Gasteiger partial charge in [-0.25, -0.2) is 0 Å². The molecule has 1 rings (SSSR count). The Labute approximate surface area is 85.1 Å². The van der Waals surface area contributed by atoms with Gasteiger partial charge in [0.2, 0.25) is 5.91 Å². The lowest BCUT2D eigenvalue weighted by Gasteiger charge is -2.06. The van der Waals surface area contributed by atoms with Gasteiger partial charge in [0.1, 0.15) is 0 Å². The molecule has 1 aromatic heterocycles. The summed E-state index contributed by atoms with van der Waals surface area (Å²) in [6, 6.07) is 1.97. The minimum absolute atomic E-state index is 0.102. The van der Waals surface area contributed by atoms with E-state index < -0.39 is 0 Å². The van der Waals surface area contributed by atoms with Crippen LogP contribution >= 0.6 is 0 Å². The largest absolute Gasteiger partial charge is 0.357 e. The monoisotopic (exact) mass is 194 g/mol. The summed E-state index contributed by atoms with van der Waals surface area (Å²) in [5.74, 6) is 0.611. The normalized spacial score (nSPS) is 10.6. The van der Waals surface area contributed by atoms with Crippen LogP contribution in [0.3, 0.4) is 0 Å². The second kappa shape index (κ2) is 4.84. The fourth-order valence-electron chi connectivity index (χ4n) is 1.23. The molecule has 0 aliphatic heterocycles. The van der Waals surface area contributed by atoms with Crippen molar-refractivity contribution in [3.05, 3.63) is 24.0 Å². The molecule has 0 aliphatic rings. The number of hydrogen-bond donors (Lipinski definition) is 1. The van der Waals surface area contributed by atoms with Gasteiger partial charge in [-0.3, -0.25) is 4.79 Å². The molecule has 0 unspecified atom stereocenters. The molecule has 3 heteroatoms. The van der Waals surface area contributed by atoms with Gasteiger partial charge in [0.25, 0.3) is 0 Å². The predicted molar refractivity (Wildman–Crippen MR) is 57.0 cm³/mol. The molecule has 14 heavy (non-hydrogen) atoms. The highest BCUT2D eigenvalue weighted by molar-refractivity contribution is 5.78. The molecule has 0 fully saturated rings. The van der Waals surface area contributed by atoms with Gasteiger partial charge >= 0.3 is 0 Å². The first-order chi connectivity index (χ1) is 6.58. The number of nitrogens with zero attached hydrogens (tertiary/aromatic N) is 1. The van der Waals surface area contributed by atoms with Crippen LogP contribution in [-0.2, 0) is 18.3 Å². The fourth-order valence-corrected chi connectivity index (χ4v) is 1.23. The Balaban J connectivity index is 2.34. The number of rotatable bonds is 4. The predicted octanol–water partition coefficient (Wildman–Crippen LogP) is 1.34. The maximum Gasteiger partial charge on any atom is 0.224 e. The quantitative estimate of drug-likeness (QED) is 0.771. The Morgan fingerprint density at radius 2 is 2.29 bits per heavy atom. The smallest absolute Gasteiger partial charge is 0.224 e. The summed E-state index contributed by atoms with van der Waals surface area (Å²) in [6.07, 6.45) is 4.40. The van der Waals surface area contributed by atoms with Crippen LogP contribution in [0.4, 0.5) is 0 Å². The topological polar surface area (TPSA) is 34.0 Å². The molecule has 78 valence electrons. The van der Waals surface area contributed by atoms with Gasteiger partial charge in [0.15, 0.2) is 0 Å². The molecule has 0 aliphatic carbocycles. The third kappa shape index (κ3) is 3.64. The van der Waals surface area contributed by atoms with E-state index in [4.69, 9.17) is 0 Å². The first-order valence-corrected chi connectivity index (χ1v) is 4.95. The van der Waals surface area contributed by atoms with Crippen molar-refractivity contribution in [2.75, 3.05) is 6.54 Å². The minimum atomic E-state index is 0.102. The summed E-state index contributed by atoms with van der Waals surface area (Å²) in [6.45, 7) is 4.93. The molecule has 1 heterocycles. The van der Waals surface area contributed by atoms with E-state index in [2.05, 4.69) is 19.2 Å². The summed E-state index contributed by atoms with van der Waals surface area (Å²) in [5, 5.41) is 2.89. The minimum Gasteiger partial charge on any atom is -0.357 e. The number of aryl methyl sites for hydroxylation is 1. The van der Waals surface area contributed by atoms with E-state index in [1.807, 2.05) is 30.1 Å². The van der Waals surface area contributed by atoms with Gasteiger partial charge in [-0.1, -0.05) is 13.8 Å². The Morgan fingerprint density at radius 3 is 2.79 bits per heavy atom. The summed E-state index contributed by atoms with van der Waals surface area (Å²) in [7, 11) is 1.95. The third-order valence-electron chi connectivity index (χ3n) is 1.97. The molecule has 0 bridgehead atoms. The second-order valence-electron chi connectivity index (χ2n) is 4.06. The van der Waals surface area contributed by atoms with E-state index in [9.17, 15) is 4.79 Å². The van der Waals surface area contributed by atoms with Crippen molar-refractivity contribution in [2.24, 2.45) is 13.0 Å². The molecule has 0 radical (unpaired) electrons. The van der Waals surface area contributed by atoms with Crippen LogP contribution in [0, 0.1) is 5.92 Å². The molecule has 0 saturated heterocycles. The summed E-state index contributed by atoms with van der Waals surface area (Å²) in [5.41, 5.74) is 1.06. The molecule has 0 saturated carbocycles. The van der Waals surface area contributed by atoms with Crippen LogP contribution in [0.25, 0.3) is 0 Å². The molecular weight excluding hydrogens is 176 g/mol. The van der Waals surface area contributed by atoms with Gasteiger partial charge in [0.05, 0.1) is 6.42 Å². The third-order valence-corrected chi connectivity index (χ3v) is 1.97. The Bertz CT molecular complexity index is 302. The average Bonchev–Trinajstić information content (AvgIpc) is 2.48. The van der Waals surface area contributed by atoms with Crippen molar-refractivity contribution in [1.29, 1.82) is 0 Å². The first kappa shape index (κ1) is 10.8. The number of aromatic nitrogens is 1. The van der Waals surface area contributed by atoms with E-state index in [0.29, 0.717) is 12.3 Å². The molecule has 3 nitrogen and oxygen atoms in total. The molecule has 1 N–H and O–H groups in total. The summed E-state index contributed by atoms with van der Waals surface area (Å²) in [4.78, 5) is 11.4. The Hall–Kier alpha value is -1.25. The van der Waals surface area contributed by atoms with Gasteiger partial charge in [-0.05, 0) is 17.5 Å². The van der Waals surface area contributed by atoms with Crippen LogP contribution in [0.5, 0.6) is 0 Å². The van der Waals surface area contributed by atoms with Crippen LogP contribution in [0.2, 0.25) is 0 Å². The lowest BCUT2D eigenvalue weighted by Crippen LogP contribution is -2.28. The van der Waals surface area contributed by atoms with Crippen molar-refractivity contribution in [3.8, 4) is 0 Å². The van der Waals surface area contributed by atoms with Crippen LogP contribution < -0.4 is 5.32 Å². The number of carbonyl (C=O) groups excluding carboxylic acids is 1. The summed E-state index contributed by atoms with van der Waals surface area (Å²) >= 11 is 0. The van der Waals surface area contributed by atoms with Gasteiger partial charge in [-0.2, -0.15) is 0 Å². The zero-order chi connectivity index (χ0) is 10.6. The van der Waals surface area contributed by atoms with E-state index >= 15 is 0 Å². The standard InChI is InChI=1S/C11H18N2O/c1-9(2)7-12-11(14)6-10-4-5-13(3)8-10/h4-5,8-9H,6-7H2,1-3H3,(H,12,14). The maximum absolute atomic E-state index is 11.4. The SMILES string of the molecule is CC(C)CNC(=O)Cc1ccn(C)c1. The summed E-state index contributed by atoms with van der Waals surface area (Å²) < 4.78 is 1.95. The lowest BCUT2D eigenvalue weighted by molar-refractivity contribution is -0.120. The Morgan fingerprint density at radius 1 is 1.57 bits per heavy atom. The molecule has 1 aromatic rings.